The minimum atomic E-state index is -0.239. The summed E-state index contributed by atoms with van der Waals surface area (Å²) in [5, 5.41) is 5.18. The van der Waals surface area contributed by atoms with E-state index in [9.17, 15) is 14.4 Å². The van der Waals surface area contributed by atoms with Crippen LogP contribution in [-0.4, -0.2) is 49.7 Å². The van der Waals surface area contributed by atoms with Gasteiger partial charge < -0.3 is 10.6 Å². The zero-order chi connectivity index (χ0) is 15.1. The van der Waals surface area contributed by atoms with E-state index in [0.717, 1.165) is 0 Å². The lowest BCUT2D eigenvalue weighted by Gasteiger charge is -2.15. The summed E-state index contributed by atoms with van der Waals surface area (Å²) in [6.07, 6.45) is 0. The molecule has 0 unspecified atom stereocenters. The number of anilines is 1. The smallest absolute Gasteiger partial charge is 0.238 e. The van der Waals surface area contributed by atoms with Crippen molar-refractivity contribution in [3.8, 4) is 0 Å². The molecule has 2 amide bonds. The number of hydrogen-bond donors (Lipinski definition) is 2. The van der Waals surface area contributed by atoms with Crippen LogP contribution < -0.4 is 10.6 Å². The molecule has 0 saturated carbocycles. The molecule has 0 radical (unpaired) electrons. The van der Waals surface area contributed by atoms with Crippen LogP contribution >= 0.6 is 0 Å². The van der Waals surface area contributed by atoms with Crippen LogP contribution in [0.5, 0.6) is 0 Å². The van der Waals surface area contributed by atoms with Gasteiger partial charge in [-0.05, 0) is 26.1 Å². The Bertz CT molecular complexity index is 514. The maximum atomic E-state index is 11.8. The predicted molar refractivity (Wildman–Crippen MR) is 76.6 cm³/mol. The largest absolute Gasteiger partial charge is 0.358 e. The first-order valence-corrected chi connectivity index (χ1v) is 6.22. The minimum Gasteiger partial charge on any atom is -0.358 e. The Kier molecular flexibility index (Phi) is 5.86. The summed E-state index contributed by atoms with van der Waals surface area (Å²) < 4.78 is 0. The van der Waals surface area contributed by atoms with E-state index in [2.05, 4.69) is 10.6 Å². The number of hydrogen-bond acceptors (Lipinski definition) is 4. The van der Waals surface area contributed by atoms with Crippen LogP contribution in [0.15, 0.2) is 24.3 Å². The van der Waals surface area contributed by atoms with Gasteiger partial charge in [-0.25, -0.2) is 0 Å². The number of amides is 2. The molecule has 0 atom stereocenters. The van der Waals surface area contributed by atoms with E-state index in [1.54, 1.807) is 43.3 Å². The van der Waals surface area contributed by atoms with Crippen molar-refractivity contribution in [2.75, 3.05) is 32.5 Å². The topological polar surface area (TPSA) is 78.5 Å². The molecule has 20 heavy (non-hydrogen) atoms. The summed E-state index contributed by atoms with van der Waals surface area (Å²) >= 11 is 0. The van der Waals surface area contributed by atoms with Crippen LogP contribution in [0.4, 0.5) is 5.69 Å². The van der Waals surface area contributed by atoms with Crippen molar-refractivity contribution in [3.63, 3.8) is 0 Å². The SMILES string of the molecule is CNC(=O)CN(C)CC(=O)Nc1cccc(C(C)=O)c1. The molecule has 1 aromatic rings. The van der Waals surface area contributed by atoms with E-state index < -0.39 is 0 Å². The number of Topliss-reactive ketones (excluding diaryl/α,β-unsaturated/α-hetero) is 1. The summed E-state index contributed by atoms with van der Waals surface area (Å²) in [5.41, 5.74) is 1.11. The lowest BCUT2D eigenvalue weighted by atomic mass is 10.1. The molecular formula is C14H19N3O3. The molecule has 0 aliphatic heterocycles. The molecule has 2 N–H and O–H groups in total. The van der Waals surface area contributed by atoms with Crippen LogP contribution in [-0.2, 0) is 9.59 Å². The third-order valence-electron chi connectivity index (χ3n) is 2.66. The van der Waals surface area contributed by atoms with Crippen LogP contribution in [0.3, 0.4) is 0 Å². The first kappa shape index (κ1) is 15.8. The lowest BCUT2D eigenvalue weighted by molar-refractivity contribution is -0.122. The van der Waals surface area contributed by atoms with Gasteiger partial charge in [0.05, 0.1) is 13.1 Å². The van der Waals surface area contributed by atoms with Gasteiger partial charge in [0.2, 0.25) is 11.8 Å². The van der Waals surface area contributed by atoms with E-state index in [-0.39, 0.29) is 30.7 Å². The van der Waals surface area contributed by atoms with Gasteiger partial charge in [0.25, 0.3) is 0 Å². The molecule has 108 valence electrons. The first-order chi connectivity index (χ1) is 9.42. The highest BCUT2D eigenvalue weighted by molar-refractivity contribution is 5.97. The quantitative estimate of drug-likeness (QED) is 0.742. The number of likely N-dealkylation sites (N-methyl/N-ethyl adjacent to an activating group) is 2. The average molecular weight is 277 g/mol. The normalized spacial score (nSPS) is 10.2. The van der Waals surface area contributed by atoms with Crippen molar-refractivity contribution in [2.45, 2.75) is 6.92 Å². The summed E-state index contributed by atoms with van der Waals surface area (Å²) in [7, 11) is 3.23. The van der Waals surface area contributed by atoms with Gasteiger partial charge in [-0.1, -0.05) is 12.1 Å². The van der Waals surface area contributed by atoms with Crippen molar-refractivity contribution in [2.24, 2.45) is 0 Å². The van der Waals surface area contributed by atoms with E-state index >= 15 is 0 Å². The van der Waals surface area contributed by atoms with Crippen molar-refractivity contribution in [1.29, 1.82) is 0 Å². The first-order valence-electron chi connectivity index (χ1n) is 6.22. The van der Waals surface area contributed by atoms with Gasteiger partial charge in [0, 0.05) is 18.3 Å². The van der Waals surface area contributed by atoms with Crippen molar-refractivity contribution < 1.29 is 14.4 Å². The standard InChI is InChI=1S/C14H19N3O3/c1-10(18)11-5-4-6-12(7-11)16-14(20)9-17(3)8-13(19)15-2/h4-7H,8-9H2,1-3H3,(H,15,19)(H,16,20). The molecule has 6 nitrogen and oxygen atoms in total. The van der Waals surface area contributed by atoms with Gasteiger partial charge in [-0.15, -0.1) is 0 Å². The number of carbonyl (C=O) groups is 3. The van der Waals surface area contributed by atoms with Gasteiger partial charge in [-0.2, -0.15) is 0 Å². The third kappa shape index (κ3) is 5.19. The molecule has 0 fully saturated rings. The van der Waals surface area contributed by atoms with E-state index in [1.807, 2.05) is 0 Å². The number of carbonyl (C=O) groups excluding carboxylic acids is 3. The predicted octanol–water partition coefficient (Wildman–Crippen LogP) is 0.506. The second kappa shape index (κ2) is 7.40. The van der Waals surface area contributed by atoms with Crippen LogP contribution in [0.2, 0.25) is 0 Å². The van der Waals surface area contributed by atoms with Crippen molar-refractivity contribution in [3.05, 3.63) is 29.8 Å². The fraction of sp³-hybridized carbons (Fsp3) is 0.357. The van der Waals surface area contributed by atoms with Crippen LogP contribution in [0, 0.1) is 0 Å². The maximum Gasteiger partial charge on any atom is 0.238 e. The van der Waals surface area contributed by atoms with Crippen LogP contribution in [0.25, 0.3) is 0 Å². The average Bonchev–Trinajstić information content (AvgIpc) is 2.38. The second-order valence-corrected chi connectivity index (χ2v) is 4.53. The summed E-state index contributed by atoms with van der Waals surface area (Å²) in [5.74, 6) is -0.450. The molecule has 0 aliphatic rings. The number of nitrogens with zero attached hydrogens (tertiary/aromatic N) is 1. The molecular weight excluding hydrogens is 258 g/mol. The fourth-order valence-electron chi connectivity index (χ4n) is 1.64. The minimum absolute atomic E-state index is 0.0576. The summed E-state index contributed by atoms with van der Waals surface area (Å²) in [4.78, 5) is 35.8. The fourth-order valence-corrected chi connectivity index (χ4v) is 1.64. The molecule has 0 spiro atoms. The highest BCUT2D eigenvalue weighted by Crippen LogP contribution is 2.11. The van der Waals surface area contributed by atoms with Gasteiger partial charge >= 0.3 is 0 Å². The number of ketones is 1. The van der Waals surface area contributed by atoms with Gasteiger partial charge in [0.15, 0.2) is 5.78 Å². The molecule has 0 aromatic heterocycles. The third-order valence-corrected chi connectivity index (χ3v) is 2.66. The number of nitrogens with one attached hydrogen (secondary N) is 2. The van der Waals surface area contributed by atoms with E-state index in [1.165, 1.54) is 6.92 Å². The Morgan fingerprint density at radius 2 is 1.80 bits per heavy atom. The molecule has 1 aromatic carbocycles. The Hall–Kier alpha value is -2.21. The molecule has 6 heteroatoms. The Labute approximate surface area is 118 Å². The van der Waals surface area contributed by atoms with Crippen molar-refractivity contribution in [1.82, 2.24) is 10.2 Å². The maximum absolute atomic E-state index is 11.8. The molecule has 0 bridgehead atoms. The van der Waals surface area contributed by atoms with Crippen molar-refractivity contribution >= 4 is 23.3 Å². The monoisotopic (exact) mass is 277 g/mol. The van der Waals surface area contributed by atoms with Crippen LogP contribution in [0.1, 0.15) is 17.3 Å². The van der Waals surface area contributed by atoms with E-state index in [4.69, 9.17) is 0 Å². The molecule has 0 aliphatic carbocycles. The second-order valence-electron chi connectivity index (χ2n) is 4.53. The highest BCUT2D eigenvalue weighted by Gasteiger charge is 2.10. The summed E-state index contributed by atoms with van der Waals surface area (Å²) in [6, 6.07) is 6.73. The molecule has 1 rings (SSSR count). The number of rotatable bonds is 6. The number of benzene rings is 1. The highest BCUT2D eigenvalue weighted by atomic mass is 16.2. The lowest BCUT2D eigenvalue weighted by Crippen LogP contribution is -2.37. The zero-order valence-corrected chi connectivity index (χ0v) is 11.9. The molecule has 0 heterocycles. The van der Waals surface area contributed by atoms with Gasteiger partial charge in [-0.3, -0.25) is 19.3 Å². The van der Waals surface area contributed by atoms with Gasteiger partial charge in [0.1, 0.15) is 0 Å². The summed E-state index contributed by atoms with van der Waals surface area (Å²) in [6.45, 7) is 1.72. The zero-order valence-electron chi connectivity index (χ0n) is 11.9. The molecule has 0 saturated heterocycles. The Morgan fingerprint density at radius 3 is 2.40 bits per heavy atom. The Morgan fingerprint density at radius 1 is 1.15 bits per heavy atom. The van der Waals surface area contributed by atoms with E-state index in [0.29, 0.717) is 11.3 Å². The Balaban J connectivity index is 2.56.